The summed E-state index contributed by atoms with van der Waals surface area (Å²) in [6.45, 7) is 2.13. The lowest BCUT2D eigenvalue weighted by Gasteiger charge is -2.14. The van der Waals surface area contributed by atoms with Gasteiger partial charge < -0.3 is 15.6 Å². The predicted molar refractivity (Wildman–Crippen MR) is 61.0 cm³/mol. The third kappa shape index (κ3) is 3.55. The maximum Gasteiger partial charge on any atom is 0.220 e. The third-order valence-electron chi connectivity index (χ3n) is 2.27. The molecule has 0 aliphatic heterocycles. The molecule has 0 spiro atoms. The Kier molecular flexibility index (Phi) is 4.79. The van der Waals surface area contributed by atoms with E-state index >= 15 is 0 Å². The van der Waals surface area contributed by atoms with Gasteiger partial charge in [-0.25, -0.2) is 0 Å². The Balaban J connectivity index is 2.67. The van der Waals surface area contributed by atoms with E-state index in [1.807, 2.05) is 25.1 Å². The number of hydrogen-bond donors (Lipinski definition) is 2. The Morgan fingerprint density at radius 3 is 2.81 bits per heavy atom. The van der Waals surface area contributed by atoms with Gasteiger partial charge in [0.05, 0.1) is 19.1 Å². The lowest BCUT2D eigenvalue weighted by atomic mass is 10.1. The minimum Gasteiger partial charge on any atom is -0.493 e. The average molecular weight is 223 g/mol. The molecule has 0 aliphatic carbocycles. The predicted octanol–water partition coefficient (Wildman–Crippen LogP) is 1.38. The van der Waals surface area contributed by atoms with Crippen molar-refractivity contribution in [3.05, 3.63) is 29.8 Å². The van der Waals surface area contributed by atoms with E-state index < -0.39 is 12.0 Å². The summed E-state index contributed by atoms with van der Waals surface area (Å²) in [5, 5.41) is 9.75. The second kappa shape index (κ2) is 6.12. The Morgan fingerprint density at radius 2 is 2.19 bits per heavy atom. The number of benzene rings is 1. The molecule has 1 atom stereocenters. The zero-order valence-electron chi connectivity index (χ0n) is 9.35. The van der Waals surface area contributed by atoms with Crippen LogP contribution in [0.3, 0.4) is 0 Å². The summed E-state index contributed by atoms with van der Waals surface area (Å²) < 4.78 is 5.41. The van der Waals surface area contributed by atoms with Crippen molar-refractivity contribution >= 4 is 5.91 Å². The standard InChI is InChI=1S/C12H17NO3/c1-2-10(14)9-5-3-4-6-11(9)16-8-7-12(13)15/h3-6,10,14H,2,7-8H2,1H3,(H2,13,15)/t10-/m0/s1. The van der Waals surface area contributed by atoms with Crippen molar-refractivity contribution in [1.29, 1.82) is 0 Å². The van der Waals surface area contributed by atoms with Crippen molar-refractivity contribution in [1.82, 2.24) is 0 Å². The van der Waals surface area contributed by atoms with Crippen molar-refractivity contribution < 1.29 is 14.6 Å². The van der Waals surface area contributed by atoms with E-state index in [9.17, 15) is 9.90 Å². The fourth-order valence-corrected chi connectivity index (χ4v) is 1.37. The maximum atomic E-state index is 10.6. The first-order valence-corrected chi connectivity index (χ1v) is 5.33. The van der Waals surface area contributed by atoms with Gasteiger partial charge in [-0.3, -0.25) is 4.79 Å². The van der Waals surface area contributed by atoms with E-state index in [0.717, 1.165) is 5.56 Å². The topological polar surface area (TPSA) is 72.6 Å². The molecule has 0 radical (unpaired) electrons. The summed E-state index contributed by atoms with van der Waals surface area (Å²) in [4.78, 5) is 10.6. The number of hydrogen-bond acceptors (Lipinski definition) is 3. The SMILES string of the molecule is CC[C@H](O)c1ccccc1OCCC(N)=O. The van der Waals surface area contributed by atoms with Crippen molar-refractivity contribution in [2.75, 3.05) is 6.61 Å². The van der Waals surface area contributed by atoms with Gasteiger partial charge in [-0.05, 0) is 12.5 Å². The van der Waals surface area contributed by atoms with Crippen LogP contribution < -0.4 is 10.5 Å². The Morgan fingerprint density at radius 1 is 1.50 bits per heavy atom. The molecule has 4 nitrogen and oxygen atoms in total. The van der Waals surface area contributed by atoms with Gasteiger partial charge in [0.2, 0.25) is 5.91 Å². The van der Waals surface area contributed by atoms with Crippen molar-refractivity contribution in [2.45, 2.75) is 25.9 Å². The molecule has 3 N–H and O–H groups in total. The van der Waals surface area contributed by atoms with Crippen LogP contribution in [0.1, 0.15) is 31.4 Å². The summed E-state index contributed by atoms with van der Waals surface area (Å²) >= 11 is 0. The number of rotatable bonds is 6. The second-order valence-corrected chi connectivity index (χ2v) is 3.53. The number of ether oxygens (including phenoxy) is 1. The summed E-state index contributed by atoms with van der Waals surface area (Å²) in [7, 11) is 0. The van der Waals surface area contributed by atoms with E-state index in [0.29, 0.717) is 12.2 Å². The van der Waals surface area contributed by atoms with Gasteiger partial charge in [0.25, 0.3) is 0 Å². The number of para-hydroxylation sites is 1. The highest BCUT2D eigenvalue weighted by atomic mass is 16.5. The number of aliphatic hydroxyl groups excluding tert-OH is 1. The fraction of sp³-hybridized carbons (Fsp3) is 0.417. The first kappa shape index (κ1) is 12.5. The van der Waals surface area contributed by atoms with Crippen LogP contribution >= 0.6 is 0 Å². The number of amides is 1. The van der Waals surface area contributed by atoms with Crippen molar-refractivity contribution in [3.8, 4) is 5.75 Å². The normalized spacial score (nSPS) is 12.1. The van der Waals surface area contributed by atoms with Crippen LogP contribution in [0.5, 0.6) is 5.75 Å². The van der Waals surface area contributed by atoms with E-state index in [-0.39, 0.29) is 13.0 Å². The molecule has 1 aromatic rings. The molecule has 0 saturated carbocycles. The Hall–Kier alpha value is -1.55. The van der Waals surface area contributed by atoms with Crippen molar-refractivity contribution in [2.24, 2.45) is 5.73 Å². The van der Waals surface area contributed by atoms with E-state index in [4.69, 9.17) is 10.5 Å². The molecule has 0 bridgehead atoms. The number of nitrogens with two attached hydrogens (primary N) is 1. The second-order valence-electron chi connectivity index (χ2n) is 3.53. The monoisotopic (exact) mass is 223 g/mol. The van der Waals surface area contributed by atoms with Gasteiger partial charge >= 0.3 is 0 Å². The summed E-state index contributed by atoms with van der Waals surface area (Å²) in [6, 6.07) is 7.25. The molecule has 0 heterocycles. The summed E-state index contributed by atoms with van der Waals surface area (Å²) in [5.41, 5.74) is 5.76. The molecule has 1 aromatic carbocycles. The molecule has 0 aromatic heterocycles. The number of primary amides is 1. The van der Waals surface area contributed by atoms with Crippen LogP contribution in [0.15, 0.2) is 24.3 Å². The molecule has 0 saturated heterocycles. The molecule has 16 heavy (non-hydrogen) atoms. The van der Waals surface area contributed by atoms with E-state index in [2.05, 4.69) is 0 Å². The molecule has 0 unspecified atom stereocenters. The van der Waals surface area contributed by atoms with Gasteiger partial charge in [0.1, 0.15) is 5.75 Å². The minimum atomic E-state index is -0.537. The smallest absolute Gasteiger partial charge is 0.220 e. The van der Waals surface area contributed by atoms with Crippen LogP contribution in [0.25, 0.3) is 0 Å². The Bertz CT molecular complexity index is 352. The van der Waals surface area contributed by atoms with E-state index in [1.165, 1.54) is 0 Å². The minimum absolute atomic E-state index is 0.177. The van der Waals surface area contributed by atoms with Gasteiger partial charge in [-0.15, -0.1) is 0 Å². The van der Waals surface area contributed by atoms with Gasteiger partial charge in [-0.1, -0.05) is 25.1 Å². The zero-order chi connectivity index (χ0) is 12.0. The average Bonchev–Trinajstić information content (AvgIpc) is 2.28. The molecule has 4 heteroatoms. The molecule has 0 aliphatic rings. The van der Waals surface area contributed by atoms with Crippen LogP contribution in [0.4, 0.5) is 0 Å². The zero-order valence-corrected chi connectivity index (χ0v) is 9.35. The maximum absolute atomic E-state index is 10.6. The third-order valence-corrected chi connectivity index (χ3v) is 2.27. The van der Waals surface area contributed by atoms with Crippen LogP contribution in [0, 0.1) is 0 Å². The summed E-state index contributed by atoms with van der Waals surface area (Å²) in [6.07, 6.45) is 0.261. The van der Waals surface area contributed by atoms with Gasteiger partial charge in [-0.2, -0.15) is 0 Å². The van der Waals surface area contributed by atoms with Gasteiger partial charge in [0, 0.05) is 5.56 Å². The fourth-order valence-electron chi connectivity index (χ4n) is 1.37. The quantitative estimate of drug-likeness (QED) is 0.765. The highest BCUT2D eigenvalue weighted by molar-refractivity contribution is 5.73. The van der Waals surface area contributed by atoms with Crippen LogP contribution in [-0.4, -0.2) is 17.6 Å². The van der Waals surface area contributed by atoms with E-state index in [1.54, 1.807) is 6.07 Å². The first-order chi connectivity index (χ1) is 7.65. The highest BCUT2D eigenvalue weighted by Gasteiger charge is 2.10. The van der Waals surface area contributed by atoms with Crippen LogP contribution in [0.2, 0.25) is 0 Å². The lowest BCUT2D eigenvalue weighted by molar-refractivity contribution is -0.118. The van der Waals surface area contributed by atoms with Crippen LogP contribution in [-0.2, 0) is 4.79 Å². The Labute approximate surface area is 95.0 Å². The number of carbonyl (C=O) groups is 1. The molecule has 88 valence electrons. The summed E-state index contributed by atoms with van der Waals surface area (Å²) in [5.74, 6) is 0.214. The molecule has 1 rings (SSSR count). The largest absolute Gasteiger partial charge is 0.493 e. The highest BCUT2D eigenvalue weighted by Crippen LogP contribution is 2.26. The first-order valence-electron chi connectivity index (χ1n) is 5.33. The molecular weight excluding hydrogens is 206 g/mol. The number of carbonyl (C=O) groups excluding carboxylic acids is 1. The van der Waals surface area contributed by atoms with Crippen molar-refractivity contribution in [3.63, 3.8) is 0 Å². The molecule has 1 amide bonds. The van der Waals surface area contributed by atoms with Gasteiger partial charge in [0.15, 0.2) is 0 Å². The number of aliphatic hydroxyl groups is 1. The lowest BCUT2D eigenvalue weighted by Crippen LogP contribution is -2.15. The molecule has 0 fully saturated rings. The molecular formula is C12H17NO3.